The van der Waals surface area contributed by atoms with E-state index in [2.05, 4.69) is 5.16 Å². The summed E-state index contributed by atoms with van der Waals surface area (Å²) in [6.45, 7) is 0.816. The molecular weight excluding hydrogens is 343 g/mol. The first-order valence-electron chi connectivity index (χ1n) is 7.90. The molecule has 0 N–H and O–H groups in total. The molecule has 0 bridgehead atoms. The standard InChI is InChI=1S/C19H14ClFN2O2/c20-13-7-5-12(6-8-13)18-15-11-23(10-9-17(15)22-25-18)19(24)14-3-1-2-4-16(14)21/h1-8H,9-11H2. The fourth-order valence-corrected chi connectivity index (χ4v) is 3.14. The maximum atomic E-state index is 13.9. The molecule has 2 heterocycles. The molecule has 1 aliphatic heterocycles. The molecular formula is C19H14ClFN2O2. The predicted molar refractivity (Wildman–Crippen MR) is 91.8 cm³/mol. The topological polar surface area (TPSA) is 46.3 Å². The van der Waals surface area contributed by atoms with Gasteiger partial charge in [-0.05, 0) is 36.4 Å². The summed E-state index contributed by atoms with van der Waals surface area (Å²) in [5.41, 5.74) is 2.62. The van der Waals surface area contributed by atoms with E-state index in [1.807, 2.05) is 12.1 Å². The zero-order valence-electron chi connectivity index (χ0n) is 13.2. The lowest BCUT2D eigenvalue weighted by Crippen LogP contribution is -2.36. The minimum absolute atomic E-state index is 0.0791. The maximum Gasteiger partial charge on any atom is 0.257 e. The first-order chi connectivity index (χ1) is 12.1. The Morgan fingerprint density at radius 2 is 1.92 bits per heavy atom. The van der Waals surface area contributed by atoms with E-state index >= 15 is 0 Å². The van der Waals surface area contributed by atoms with Crippen molar-refractivity contribution in [3.63, 3.8) is 0 Å². The Hall–Kier alpha value is -2.66. The quantitative estimate of drug-likeness (QED) is 0.686. The monoisotopic (exact) mass is 356 g/mol. The van der Waals surface area contributed by atoms with Gasteiger partial charge in [0.05, 0.1) is 17.8 Å². The van der Waals surface area contributed by atoms with Gasteiger partial charge in [-0.3, -0.25) is 4.79 Å². The van der Waals surface area contributed by atoms with Crippen LogP contribution in [-0.2, 0) is 13.0 Å². The summed E-state index contributed by atoms with van der Waals surface area (Å²) in [5.74, 6) is -0.216. The molecule has 1 amide bonds. The largest absolute Gasteiger partial charge is 0.356 e. The summed E-state index contributed by atoms with van der Waals surface area (Å²) in [7, 11) is 0. The maximum absolute atomic E-state index is 13.9. The van der Waals surface area contributed by atoms with Gasteiger partial charge in [-0.1, -0.05) is 28.9 Å². The number of amides is 1. The average Bonchev–Trinajstić information content (AvgIpc) is 3.05. The molecule has 25 heavy (non-hydrogen) atoms. The average molecular weight is 357 g/mol. The van der Waals surface area contributed by atoms with Crippen LogP contribution in [0, 0.1) is 5.82 Å². The van der Waals surface area contributed by atoms with Crippen LogP contribution < -0.4 is 0 Å². The second-order valence-electron chi connectivity index (χ2n) is 5.90. The highest BCUT2D eigenvalue weighted by atomic mass is 35.5. The summed E-state index contributed by atoms with van der Waals surface area (Å²) >= 11 is 5.93. The zero-order valence-corrected chi connectivity index (χ0v) is 14.0. The van der Waals surface area contributed by atoms with E-state index in [-0.39, 0.29) is 11.5 Å². The van der Waals surface area contributed by atoms with Crippen LogP contribution in [0.4, 0.5) is 4.39 Å². The van der Waals surface area contributed by atoms with Gasteiger partial charge in [0.2, 0.25) is 0 Å². The van der Waals surface area contributed by atoms with Gasteiger partial charge in [0, 0.05) is 29.1 Å². The molecule has 0 atom stereocenters. The van der Waals surface area contributed by atoms with Crippen molar-refractivity contribution < 1.29 is 13.7 Å². The van der Waals surface area contributed by atoms with E-state index in [0.717, 1.165) is 16.8 Å². The Bertz CT molecular complexity index is 937. The van der Waals surface area contributed by atoms with Crippen LogP contribution in [0.5, 0.6) is 0 Å². The number of hydrogen-bond donors (Lipinski definition) is 0. The Balaban J connectivity index is 1.65. The molecule has 0 spiro atoms. The lowest BCUT2D eigenvalue weighted by atomic mass is 10.0. The first-order valence-corrected chi connectivity index (χ1v) is 8.28. The molecule has 0 saturated heterocycles. The molecule has 0 radical (unpaired) electrons. The summed E-state index contributed by atoms with van der Waals surface area (Å²) in [6.07, 6.45) is 0.576. The molecule has 0 aliphatic carbocycles. The number of fused-ring (bicyclic) bond motifs is 1. The third-order valence-electron chi connectivity index (χ3n) is 4.33. The van der Waals surface area contributed by atoms with Crippen molar-refractivity contribution in [3.8, 4) is 11.3 Å². The van der Waals surface area contributed by atoms with Gasteiger partial charge in [0.1, 0.15) is 5.82 Å². The molecule has 3 aromatic rings. The number of carbonyl (C=O) groups excluding carboxylic acids is 1. The van der Waals surface area contributed by atoms with Gasteiger partial charge in [-0.25, -0.2) is 4.39 Å². The minimum Gasteiger partial charge on any atom is -0.356 e. The number of nitrogens with zero attached hydrogens (tertiary/aromatic N) is 2. The van der Waals surface area contributed by atoms with Crippen molar-refractivity contribution in [2.45, 2.75) is 13.0 Å². The zero-order chi connectivity index (χ0) is 17.4. The molecule has 4 nitrogen and oxygen atoms in total. The molecule has 0 unspecified atom stereocenters. The number of rotatable bonds is 2. The van der Waals surface area contributed by atoms with Crippen molar-refractivity contribution in [2.75, 3.05) is 6.54 Å². The normalized spacial score (nSPS) is 13.6. The fraction of sp³-hybridized carbons (Fsp3) is 0.158. The van der Waals surface area contributed by atoms with Crippen molar-refractivity contribution in [2.24, 2.45) is 0 Å². The second-order valence-corrected chi connectivity index (χ2v) is 6.34. The molecule has 2 aromatic carbocycles. The Labute approximate surface area is 148 Å². The van der Waals surface area contributed by atoms with Crippen molar-refractivity contribution >= 4 is 17.5 Å². The number of halogens is 2. The molecule has 6 heteroatoms. The van der Waals surface area contributed by atoms with Gasteiger partial charge < -0.3 is 9.42 Å². The van der Waals surface area contributed by atoms with Crippen LogP contribution in [0.1, 0.15) is 21.6 Å². The molecule has 1 aromatic heterocycles. The third-order valence-corrected chi connectivity index (χ3v) is 4.59. The summed E-state index contributed by atoms with van der Waals surface area (Å²) < 4.78 is 19.4. The Kier molecular flexibility index (Phi) is 4.01. The molecule has 1 aliphatic rings. The summed E-state index contributed by atoms with van der Waals surface area (Å²) in [5, 5.41) is 4.75. The number of benzene rings is 2. The molecule has 0 fully saturated rings. The van der Waals surface area contributed by atoms with Crippen LogP contribution in [0.3, 0.4) is 0 Å². The highest BCUT2D eigenvalue weighted by molar-refractivity contribution is 6.30. The lowest BCUT2D eigenvalue weighted by Gasteiger charge is -2.26. The van der Waals surface area contributed by atoms with Crippen LogP contribution in [0.2, 0.25) is 5.02 Å². The van der Waals surface area contributed by atoms with Crippen LogP contribution in [0.25, 0.3) is 11.3 Å². The van der Waals surface area contributed by atoms with Gasteiger partial charge in [0.25, 0.3) is 5.91 Å². The lowest BCUT2D eigenvalue weighted by molar-refractivity contribution is 0.0730. The fourth-order valence-electron chi connectivity index (χ4n) is 3.02. The molecule has 126 valence electrons. The highest BCUT2D eigenvalue weighted by Gasteiger charge is 2.28. The van der Waals surface area contributed by atoms with Gasteiger partial charge in [-0.15, -0.1) is 0 Å². The van der Waals surface area contributed by atoms with Crippen molar-refractivity contribution in [1.82, 2.24) is 10.1 Å². The van der Waals surface area contributed by atoms with Crippen LogP contribution in [0.15, 0.2) is 53.1 Å². The highest BCUT2D eigenvalue weighted by Crippen LogP contribution is 2.31. The van der Waals surface area contributed by atoms with Crippen molar-refractivity contribution in [1.29, 1.82) is 0 Å². The van der Waals surface area contributed by atoms with E-state index in [9.17, 15) is 9.18 Å². The SMILES string of the molecule is O=C(c1ccccc1F)N1CCc2noc(-c3ccc(Cl)cc3)c2C1. The Morgan fingerprint density at radius 1 is 1.16 bits per heavy atom. The smallest absolute Gasteiger partial charge is 0.257 e. The van der Waals surface area contributed by atoms with E-state index in [4.69, 9.17) is 16.1 Å². The van der Waals surface area contributed by atoms with Crippen LogP contribution >= 0.6 is 11.6 Å². The summed E-state index contributed by atoms with van der Waals surface area (Å²) in [6, 6.07) is 13.3. The van der Waals surface area contributed by atoms with Gasteiger partial charge in [0.15, 0.2) is 5.76 Å². The molecule has 0 saturated carbocycles. The molecule has 4 rings (SSSR count). The minimum atomic E-state index is -0.512. The number of carbonyl (C=O) groups is 1. The second kappa shape index (κ2) is 6.33. The summed E-state index contributed by atoms with van der Waals surface area (Å²) in [4.78, 5) is 14.3. The van der Waals surface area contributed by atoms with Crippen LogP contribution in [-0.4, -0.2) is 22.5 Å². The van der Waals surface area contributed by atoms with E-state index in [1.165, 1.54) is 12.1 Å². The first kappa shape index (κ1) is 15.8. The number of hydrogen-bond acceptors (Lipinski definition) is 3. The Morgan fingerprint density at radius 3 is 2.68 bits per heavy atom. The van der Waals surface area contributed by atoms with Gasteiger partial charge >= 0.3 is 0 Å². The third kappa shape index (κ3) is 2.91. The van der Waals surface area contributed by atoms with E-state index < -0.39 is 5.82 Å². The van der Waals surface area contributed by atoms with E-state index in [0.29, 0.717) is 30.3 Å². The van der Waals surface area contributed by atoms with Gasteiger partial charge in [-0.2, -0.15) is 0 Å². The van der Waals surface area contributed by atoms with E-state index in [1.54, 1.807) is 29.2 Å². The predicted octanol–water partition coefficient (Wildman–Crippen LogP) is 4.33. The van der Waals surface area contributed by atoms with Crippen molar-refractivity contribution in [3.05, 3.63) is 76.2 Å². The number of aromatic nitrogens is 1.